The third kappa shape index (κ3) is 4.71. The molecule has 0 amide bonds. The maximum atomic E-state index is 4.24. The molecule has 208 valence electrons. The van der Waals surface area contributed by atoms with Crippen LogP contribution in [0, 0.1) is 0 Å². The molecule has 0 fully saturated rings. The predicted molar refractivity (Wildman–Crippen MR) is 185 cm³/mol. The van der Waals surface area contributed by atoms with Gasteiger partial charge >= 0.3 is 0 Å². The van der Waals surface area contributed by atoms with Gasteiger partial charge in [-0.25, -0.2) is 0 Å². The molecular formula is C42H30N2. The van der Waals surface area contributed by atoms with Gasteiger partial charge in [0, 0.05) is 24.8 Å². The molecule has 2 aromatic heterocycles. The number of benzene rings is 5. The number of nitrogens with zero attached hydrogens (tertiary/aromatic N) is 2. The first-order chi connectivity index (χ1) is 21.8. The highest BCUT2D eigenvalue weighted by atomic mass is 14.6. The smallest absolute Gasteiger partial charge is 0.0273 e. The number of allylic oxidation sites excluding steroid dienone is 4. The highest BCUT2D eigenvalue weighted by molar-refractivity contribution is 6.22. The summed E-state index contributed by atoms with van der Waals surface area (Å²) >= 11 is 0. The van der Waals surface area contributed by atoms with Crippen LogP contribution in [-0.4, -0.2) is 9.97 Å². The van der Waals surface area contributed by atoms with Crippen molar-refractivity contribution < 1.29 is 0 Å². The third-order valence-electron chi connectivity index (χ3n) is 8.68. The Labute approximate surface area is 257 Å². The first kappa shape index (κ1) is 26.1. The Morgan fingerprint density at radius 3 is 1.50 bits per heavy atom. The molecule has 0 saturated carbocycles. The summed E-state index contributed by atoms with van der Waals surface area (Å²) in [6.07, 6.45) is 16.5. The molecule has 8 rings (SSSR count). The molecule has 0 spiro atoms. The van der Waals surface area contributed by atoms with Gasteiger partial charge in [0.1, 0.15) is 0 Å². The lowest BCUT2D eigenvalue weighted by molar-refractivity contribution is 1.04. The number of aromatic nitrogens is 2. The van der Waals surface area contributed by atoms with Gasteiger partial charge in [-0.05, 0) is 132 Å². The third-order valence-corrected chi connectivity index (χ3v) is 8.68. The molecule has 7 aromatic rings. The summed E-state index contributed by atoms with van der Waals surface area (Å²) < 4.78 is 0. The van der Waals surface area contributed by atoms with Crippen molar-refractivity contribution in [2.24, 2.45) is 0 Å². The number of pyridine rings is 2. The zero-order valence-corrected chi connectivity index (χ0v) is 24.3. The Balaban J connectivity index is 1.44. The van der Waals surface area contributed by atoms with Crippen LogP contribution in [0.4, 0.5) is 0 Å². The molecule has 0 unspecified atom stereocenters. The average molecular weight is 563 g/mol. The molecule has 1 aliphatic rings. The van der Waals surface area contributed by atoms with Gasteiger partial charge in [0.05, 0.1) is 0 Å². The minimum atomic E-state index is 1.08. The summed E-state index contributed by atoms with van der Waals surface area (Å²) in [5, 5.41) is 5.02. The zero-order chi connectivity index (χ0) is 29.3. The Hall–Kier alpha value is -5.60. The molecule has 0 radical (unpaired) electrons. The van der Waals surface area contributed by atoms with Crippen molar-refractivity contribution in [2.45, 2.75) is 12.8 Å². The monoisotopic (exact) mass is 562 g/mol. The van der Waals surface area contributed by atoms with Crippen LogP contribution in [-0.2, 0) is 0 Å². The molecule has 5 aromatic carbocycles. The van der Waals surface area contributed by atoms with Crippen molar-refractivity contribution in [1.82, 2.24) is 9.97 Å². The second-order valence-corrected chi connectivity index (χ2v) is 11.3. The summed E-state index contributed by atoms with van der Waals surface area (Å²) in [7, 11) is 0. The van der Waals surface area contributed by atoms with Gasteiger partial charge in [-0.3, -0.25) is 9.97 Å². The average Bonchev–Trinajstić information content (AvgIpc) is 3.11. The molecule has 0 atom stereocenters. The van der Waals surface area contributed by atoms with Crippen LogP contribution >= 0.6 is 0 Å². The summed E-state index contributed by atoms with van der Waals surface area (Å²) in [5.74, 6) is 0. The van der Waals surface area contributed by atoms with E-state index < -0.39 is 0 Å². The van der Waals surface area contributed by atoms with E-state index in [4.69, 9.17) is 0 Å². The van der Waals surface area contributed by atoms with E-state index in [-0.39, 0.29) is 0 Å². The topological polar surface area (TPSA) is 25.8 Å². The molecule has 44 heavy (non-hydrogen) atoms. The van der Waals surface area contributed by atoms with Crippen LogP contribution in [0.15, 0.2) is 158 Å². The summed E-state index contributed by atoms with van der Waals surface area (Å²) in [6.45, 7) is 0. The quantitative estimate of drug-likeness (QED) is 0.195. The molecule has 0 saturated heterocycles. The Bertz CT molecular complexity index is 2210. The van der Waals surface area contributed by atoms with Gasteiger partial charge in [-0.1, -0.05) is 91.0 Å². The molecule has 2 heteroatoms. The lowest BCUT2D eigenvalue weighted by atomic mass is 9.83. The Kier molecular flexibility index (Phi) is 6.66. The van der Waals surface area contributed by atoms with Crippen LogP contribution in [0.2, 0.25) is 0 Å². The van der Waals surface area contributed by atoms with E-state index in [1.165, 1.54) is 71.6 Å². The first-order valence-corrected chi connectivity index (χ1v) is 15.2. The normalized spacial score (nSPS) is 12.9. The molecule has 2 heterocycles. The van der Waals surface area contributed by atoms with Crippen molar-refractivity contribution in [3.8, 4) is 44.5 Å². The minimum Gasteiger partial charge on any atom is -0.265 e. The molecule has 1 aliphatic carbocycles. The molecule has 0 bridgehead atoms. The van der Waals surface area contributed by atoms with Crippen LogP contribution in [0.25, 0.3) is 71.6 Å². The Morgan fingerprint density at radius 1 is 0.386 bits per heavy atom. The van der Waals surface area contributed by atoms with Crippen molar-refractivity contribution in [3.63, 3.8) is 0 Å². The van der Waals surface area contributed by atoms with E-state index in [0.717, 1.165) is 18.4 Å². The maximum Gasteiger partial charge on any atom is 0.0273 e. The van der Waals surface area contributed by atoms with Crippen LogP contribution in [0.1, 0.15) is 18.4 Å². The van der Waals surface area contributed by atoms with Gasteiger partial charge in [0.15, 0.2) is 0 Å². The lowest BCUT2D eigenvalue weighted by Gasteiger charge is -2.20. The van der Waals surface area contributed by atoms with E-state index in [2.05, 4.69) is 143 Å². The molecular weight excluding hydrogens is 532 g/mol. The standard InChI is InChI=1S/C42H30N2/c1-2-8-29(9-3-1)34-16-17-39-40(28-34)42(36-13-7-11-33(27-36)31-20-24-44-25-21-31)38-15-5-4-14-37(38)41(39)35-12-6-10-32(26-35)30-18-22-43-23-19-30/h2,4-28H,1,3H2. The summed E-state index contributed by atoms with van der Waals surface area (Å²) in [6, 6.07) is 42.1. The number of fused-ring (bicyclic) bond motifs is 2. The number of hydrogen-bond acceptors (Lipinski definition) is 2. The fraction of sp³-hybridized carbons (Fsp3) is 0.0476. The molecule has 0 aliphatic heterocycles. The fourth-order valence-corrected chi connectivity index (χ4v) is 6.60. The van der Waals surface area contributed by atoms with Crippen molar-refractivity contribution >= 4 is 27.1 Å². The van der Waals surface area contributed by atoms with Gasteiger partial charge in [0.2, 0.25) is 0 Å². The number of hydrogen-bond donors (Lipinski definition) is 0. The van der Waals surface area contributed by atoms with Gasteiger partial charge in [-0.15, -0.1) is 0 Å². The van der Waals surface area contributed by atoms with E-state index in [1.807, 2.05) is 24.8 Å². The maximum absolute atomic E-state index is 4.24. The first-order valence-electron chi connectivity index (χ1n) is 15.2. The number of rotatable bonds is 5. The van der Waals surface area contributed by atoms with E-state index in [1.54, 1.807) is 0 Å². The summed E-state index contributed by atoms with van der Waals surface area (Å²) in [5.41, 5.74) is 12.2. The highest BCUT2D eigenvalue weighted by Crippen LogP contribution is 2.45. The summed E-state index contributed by atoms with van der Waals surface area (Å²) in [4.78, 5) is 8.47. The largest absolute Gasteiger partial charge is 0.265 e. The van der Waals surface area contributed by atoms with Gasteiger partial charge in [0.25, 0.3) is 0 Å². The second kappa shape index (κ2) is 11.2. The molecule has 2 nitrogen and oxygen atoms in total. The lowest BCUT2D eigenvalue weighted by Crippen LogP contribution is -1.94. The van der Waals surface area contributed by atoms with Crippen molar-refractivity contribution in [2.75, 3.05) is 0 Å². The zero-order valence-electron chi connectivity index (χ0n) is 24.3. The second-order valence-electron chi connectivity index (χ2n) is 11.3. The van der Waals surface area contributed by atoms with Crippen LogP contribution in [0.3, 0.4) is 0 Å². The fourth-order valence-electron chi connectivity index (χ4n) is 6.60. The predicted octanol–water partition coefficient (Wildman–Crippen LogP) is 11.2. The van der Waals surface area contributed by atoms with E-state index in [0.29, 0.717) is 0 Å². The van der Waals surface area contributed by atoms with Crippen LogP contribution in [0.5, 0.6) is 0 Å². The van der Waals surface area contributed by atoms with E-state index >= 15 is 0 Å². The SMILES string of the molecule is C1=CC(c2ccc3c(-c4cccc(-c5ccncc5)c4)c4ccccc4c(-c4cccc(-c5ccncc5)c4)c3c2)=CCC1. The van der Waals surface area contributed by atoms with Crippen LogP contribution < -0.4 is 0 Å². The van der Waals surface area contributed by atoms with Gasteiger partial charge < -0.3 is 0 Å². The van der Waals surface area contributed by atoms with Crippen molar-refractivity contribution in [3.05, 3.63) is 164 Å². The van der Waals surface area contributed by atoms with E-state index in [9.17, 15) is 0 Å². The minimum absolute atomic E-state index is 1.08. The van der Waals surface area contributed by atoms with Gasteiger partial charge in [-0.2, -0.15) is 0 Å². The van der Waals surface area contributed by atoms with Crippen molar-refractivity contribution in [1.29, 1.82) is 0 Å². The Morgan fingerprint density at radius 2 is 0.932 bits per heavy atom. The highest BCUT2D eigenvalue weighted by Gasteiger charge is 2.18. The molecule has 0 N–H and O–H groups in total.